The Kier molecular flexibility index (Phi) is 6.80. The van der Waals surface area contributed by atoms with E-state index in [2.05, 4.69) is 5.32 Å². The van der Waals surface area contributed by atoms with Crippen LogP contribution in [0.4, 0.5) is 5.69 Å². The first-order valence-electron chi connectivity index (χ1n) is 8.66. The fraction of sp³-hybridized carbons (Fsp3) is 0.350. The zero-order valence-corrected chi connectivity index (χ0v) is 16.3. The molecule has 2 aromatic rings. The van der Waals surface area contributed by atoms with Crippen LogP contribution < -0.4 is 9.62 Å². The maximum atomic E-state index is 12.3. The third kappa shape index (κ3) is 5.59. The van der Waals surface area contributed by atoms with Crippen molar-refractivity contribution in [2.24, 2.45) is 0 Å². The van der Waals surface area contributed by atoms with Gasteiger partial charge in [-0.3, -0.25) is 9.10 Å². The Balaban J connectivity index is 2.05. The van der Waals surface area contributed by atoms with E-state index in [9.17, 15) is 13.2 Å². The summed E-state index contributed by atoms with van der Waals surface area (Å²) < 4.78 is 25.9. The smallest absolute Gasteiger partial charge is 0.232 e. The first kappa shape index (κ1) is 20.0. The van der Waals surface area contributed by atoms with Gasteiger partial charge in [-0.2, -0.15) is 0 Å². The maximum Gasteiger partial charge on any atom is 0.232 e. The Hall–Kier alpha value is -2.34. The number of amides is 1. The molecule has 1 N–H and O–H groups in total. The van der Waals surface area contributed by atoms with Crippen LogP contribution in [-0.4, -0.2) is 33.7 Å². The van der Waals surface area contributed by atoms with E-state index in [-0.39, 0.29) is 31.3 Å². The molecule has 0 saturated heterocycles. The molecular weight excluding hydrogens is 348 g/mol. The lowest BCUT2D eigenvalue weighted by molar-refractivity contribution is -0.120. The van der Waals surface area contributed by atoms with Gasteiger partial charge in [0.15, 0.2) is 0 Å². The molecule has 0 atom stereocenters. The number of hydrogen-bond acceptors (Lipinski definition) is 3. The van der Waals surface area contributed by atoms with Crippen LogP contribution in [-0.2, 0) is 21.2 Å². The molecule has 0 aromatic heterocycles. The highest BCUT2D eigenvalue weighted by Gasteiger charge is 2.21. The molecule has 0 unspecified atom stereocenters. The molecule has 2 aromatic carbocycles. The number of carbonyl (C=O) groups excluding carboxylic acids is 1. The lowest BCUT2D eigenvalue weighted by atomic mass is 10.0. The van der Waals surface area contributed by atoms with Crippen LogP contribution in [0.25, 0.3) is 0 Å². The molecular formula is C20H26N2O3S. The largest absolute Gasteiger partial charge is 0.354 e. The average molecular weight is 375 g/mol. The van der Waals surface area contributed by atoms with E-state index in [1.807, 2.05) is 68.4 Å². The number of rotatable bonds is 8. The quantitative estimate of drug-likeness (QED) is 0.772. The topological polar surface area (TPSA) is 66.5 Å². The van der Waals surface area contributed by atoms with Crippen LogP contribution in [0.3, 0.4) is 0 Å². The number of para-hydroxylation sites is 1. The lowest BCUT2D eigenvalue weighted by Gasteiger charge is -2.26. The minimum Gasteiger partial charge on any atom is -0.354 e. The molecule has 5 nitrogen and oxygen atoms in total. The molecule has 0 saturated carbocycles. The Bertz CT molecular complexity index is 833. The molecule has 2 rings (SSSR count). The Labute approximate surface area is 156 Å². The highest BCUT2D eigenvalue weighted by atomic mass is 32.2. The Morgan fingerprint density at radius 1 is 1.04 bits per heavy atom. The van der Waals surface area contributed by atoms with E-state index in [1.54, 1.807) is 0 Å². The van der Waals surface area contributed by atoms with Crippen LogP contribution in [0.1, 0.15) is 30.9 Å². The second-order valence-electron chi connectivity index (χ2n) is 6.56. The normalized spacial score (nSPS) is 11.4. The van der Waals surface area contributed by atoms with Crippen molar-refractivity contribution < 1.29 is 13.2 Å². The fourth-order valence-corrected chi connectivity index (χ4v) is 3.75. The summed E-state index contributed by atoms with van der Waals surface area (Å²) in [6.07, 6.45) is 1.47. The molecule has 0 aliphatic carbocycles. The van der Waals surface area contributed by atoms with Gasteiger partial charge in [0.1, 0.15) is 0 Å². The van der Waals surface area contributed by atoms with E-state index < -0.39 is 10.0 Å². The fourth-order valence-electron chi connectivity index (χ4n) is 2.81. The summed E-state index contributed by atoms with van der Waals surface area (Å²) >= 11 is 0. The van der Waals surface area contributed by atoms with Gasteiger partial charge in [-0.1, -0.05) is 62.4 Å². The van der Waals surface area contributed by atoms with Crippen molar-refractivity contribution >= 4 is 21.6 Å². The SMILES string of the molecule is CC(C)c1ccccc1N(CCNC(=O)Cc1ccccc1)S(C)(=O)=O. The first-order chi connectivity index (χ1) is 12.3. The minimum atomic E-state index is -3.45. The van der Waals surface area contributed by atoms with E-state index in [0.717, 1.165) is 11.1 Å². The number of nitrogens with one attached hydrogen (secondary N) is 1. The van der Waals surface area contributed by atoms with Crippen LogP contribution in [0.2, 0.25) is 0 Å². The molecule has 26 heavy (non-hydrogen) atoms. The van der Waals surface area contributed by atoms with Gasteiger partial charge in [0.25, 0.3) is 0 Å². The number of carbonyl (C=O) groups is 1. The zero-order chi connectivity index (χ0) is 19.2. The third-order valence-corrected chi connectivity index (χ3v) is 5.25. The van der Waals surface area contributed by atoms with E-state index in [0.29, 0.717) is 5.69 Å². The predicted molar refractivity (Wildman–Crippen MR) is 106 cm³/mol. The number of sulfonamides is 1. The molecule has 6 heteroatoms. The summed E-state index contributed by atoms with van der Waals surface area (Å²) in [6.45, 7) is 4.51. The average Bonchev–Trinajstić information content (AvgIpc) is 2.58. The van der Waals surface area contributed by atoms with Crippen molar-refractivity contribution in [2.75, 3.05) is 23.7 Å². The monoisotopic (exact) mass is 374 g/mol. The van der Waals surface area contributed by atoms with Crippen LogP contribution in [0, 0.1) is 0 Å². The maximum absolute atomic E-state index is 12.3. The molecule has 0 spiro atoms. The molecule has 0 heterocycles. The highest BCUT2D eigenvalue weighted by molar-refractivity contribution is 7.92. The Morgan fingerprint density at radius 3 is 2.27 bits per heavy atom. The second-order valence-corrected chi connectivity index (χ2v) is 8.47. The molecule has 1 amide bonds. The summed E-state index contributed by atoms with van der Waals surface area (Å²) in [6, 6.07) is 16.9. The summed E-state index contributed by atoms with van der Waals surface area (Å²) in [7, 11) is -3.45. The second kappa shape index (κ2) is 8.85. The summed E-state index contributed by atoms with van der Waals surface area (Å²) in [4.78, 5) is 12.1. The molecule has 0 fully saturated rings. The van der Waals surface area contributed by atoms with Gasteiger partial charge in [0.2, 0.25) is 15.9 Å². The van der Waals surface area contributed by atoms with Gasteiger partial charge < -0.3 is 5.32 Å². The summed E-state index contributed by atoms with van der Waals surface area (Å²) in [5.74, 6) is 0.0740. The number of benzene rings is 2. The van der Waals surface area contributed by atoms with Gasteiger partial charge in [-0.25, -0.2) is 8.42 Å². The number of hydrogen-bond donors (Lipinski definition) is 1. The molecule has 0 bridgehead atoms. The molecule has 140 valence electrons. The van der Waals surface area contributed by atoms with Gasteiger partial charge in [0.05, 0.1) is 24.9 Å². The van der Waals surface area contributed by atoms with E-state index in [4.69, 9.17) is 0 Å². The standard InChI is InChI=1S/C20H26N2O3S/c1-16(2)18-11-7-8-12-19(18)22(26(3,24)25)14-13-21-20(23)15-17-9-5-4-6-10-17/h4-12,16H,13-15H2,1-3H3,(H,21,23). The number of nitrogens with zero attached hydrogens (tertiary/aromatic N) is 1. The van der Waals surface area contributed by atoms with Crippen molar-refractivity contribution in [2.45, 2.75) is 26.2 Å². The zero-order valence-electron chi connectivity index (χ0n) is 15.5. The highest BCUT2D eigenvalue weighted by Crippen LogP contribution is 2.28. The van der Waals surface area contributed by atoms with Gasteiger partial charge in [-0.05, 0) is 23.1 Å². The molecule has 0 aliphatic heterocycles. The van der Waals surface area contributed by atoms with Crippen LogP contribution >= 0.6 is 0 Å². The summed E-state index contributed by atoms with van der Waals surface area (Å²) in [5.41, 5.74) is 2.56. The van der Waals surface area contributed by atoms with Gasteiger partial charge in [0, 0.05) is 6.54 Å². The van der Waals surface area contributed by atoms with Crippen molar-refractivity contribution in [3.8, 4) is 0 Å². The van der Waals surface area contributed by atoms with Crippen molar-refractivity contribution in [3.05, 3.63) is 65.7 Å². The lowest BCUT2D eigenvalue weighted by Crippen LogP contribution is -2.39. The third-order valence-electron chi connectivity index (χ3n) is 4.07. The minimum absolute atomic E-state index is 0.123. The van der Waals surface area contributed by atoms with Crippen LogP contribution in [0.15, 0.2) is 54.6 Å². The van der Waals surface area contributed by atoms with Crippen molar-refractivity contribution in [1.82, 2.24) is 5.32 Å². The Morgan fingerprint density at radius 2 is 1.65 bits per heavy atom. The van der Waals surface area contributed by atoms with Crippen molar-refractivity contribution in [1.29, 1.82) is 0 Å². The van der Waals surface area contributed by atoms with Gasteiger partial charge >= 0.3 is 0 Å². The molecule has 0 aliphatic rings. The van der Waals surface area contributed by atoms with Gasteiger partial charge in [-0.15, -0.1) is 0 Å². The number of anilines is 1. The van der Waals surface area contributed by atoms with Crippen molar-refractivity contribution in [3.63, 3.8) is 0 Å². The van der Waals surface area contributed by atoms with E-state index in [1.165, 1.54) is 10.6 Å². The molecule has 0 radical (unpaired) electrons. The predicted octanol–water partition coefficient (Wildman–Crippen LogP) is 2.93. The first-order valence-corrected chi connectivity index (χ1v) is 10.5. The van der Waals surface area contributed by atoms with E-state index >= 15 is 0 Å². The summed E-state index contributed by atoms with van der Waals surface area (Å²) in [5, 5.41) is 2.81. The van der Waals surface area contributed by atoms with Crippen LogP contribution in [0.5, 0.6) is 0 Å².